The van der Waals surface area contributed by atoms with Gasteiger partial charge in [0.1, 0.15) is 5.00 Å². The van der Waals surface area contributed by atoms with E-state index in [1.165, 1.54) is 35.8 Å². The predicted octanol–water partition coefficient (Wildman–Crippen LogP) is 5.57. The minimum absolute atomic E-state index is 0.0654. The number of nitrogens with one attached hydrogen (secondary N) is 1. The molecule has 0 aliphatic heterocycles. The summed E-state index contributed by atoms with van der Waals surface area (Å²) in [5, 5.41) is 12.7. The molecule has 0 fully saturated rings. The van der Waals surface area contributed by atoms with Crippen LogP contribution in [0.2, 0.25) is 0 Å². The molecule has 0 saturated heterocycles. The first-order valence-corrected chi connectivity index (χ1v) is 12.8. The maximum absolute atomic E-state index is 12.7. The smallest absolute Gasteiger partial charge is 0.340 e. The van der Waals surface area contributed by atoms with Crippen LogP contribution >= 0.6 is 23.1 Å². The number of esters is 1. The maximum Gasteiger partial charge on any atom is 0.340 e. The largest absolute Gasteiger partial charge is 0.465 e. The third kappa shape index (κ3) is 5.95. The van der Waals surface area contributed by atoms with E-state index in [0.29, 0.717) is 22.3 Å². The lowest BCUT2D eigenvalue weighted by molar-refractivity contribution is -0.113. The number of hydrogen-bond donors (Lipinski definition) is 1. The first-order chi connectivity index (χ1) is 16.2. The summed E-state index contributed by atoms with van der Waals surface area (Å²) in [6.07, 6.45) is 2.55. The van der Waals surface area contributed by atoms with Crippen LogP contribution in [0.4, 0.5) is 5.00 Å². The van der Waals surface area contributed by atoms with Gasteiger partial charge in [0, 0.05) is 17.0 Å². The van der Waals surface area contributed by atoms with Crippen molar-refractivity contribution in [3.8, 4) is 11.4 Å². The van der Waals surface area contributed by atoms with Gasteiger partial charge < -0.3 is 10.1 Å². The molecule has 3 rings (SSSR count). The number of thiophene rings is 1. The number of rotatable bonds is 9. The number of methoxy groups -OCH3 is 1. The van der Waals surface area contributed by atoms with Crippen LogP contribution in [-0.2, 0) is 27.9 Å². The van der Waals surface area contributed by atoms with Crippen LogP contribution in [0.1, 0.15) is 48.5 Å². The number of nitrogens with zero attached hydrogens (tertiary/aromatic N) is 3. The lowest BCUT2D eigenvalue weighted by Gasteiger charge is -2.19. The van der Waals surface area contributed by atoms with Crippen molar-refractivity contribution in [2.45, 2.75) is 51.2 Å². The van der Waals surface area contributed by atoms with Crippen molar-refractivity contribution in [2.24, 2.45) is 0 Å². The fourth-order valence-electron chi connectivity index (χ4n) is 3.29. The van der Waals surface area contributed by atoms with E-state index in [1.807, 2.05) is 23.6 Å². The third-order valence-corrected chi connectivity index (χ3v) is 7.32. The topological polar surface area (TPSA) is 86.1 Å². The van der Waals surface area contributed by atoms with Crippen molar-refractivity contribution in [1.29, 1.82) is 0 Å². The van der Waals surface area contributed by atoms with Crippen molar-refractivity contribution in [2.75, 3.05) is 18.2 Å². The van der Waals surface area contributed by atoms with Gasteiger partial charge in [0.05, 0.1) is 18.4 Å². The van der Waals surface area contributed by atoms with E-state index in [-0.39, 0.29) is 17.1 Å². The second kappa shape index (κ2) is 11.0. The van der Waals surface area contributed by atoms with Gasteiger partial charge in [-0.25, -0.2) is 4.79 Å². The molecule has 0 bridgehead atoms. The van der Waals surface area contributed by atoms with Crippen LogP contribution < -0.4 is 5.32 Å². The molecule has 2 heterocycles. The number of aryl methyl sites for hydroxylation is 1. The van der Waals surface area contributed by atoms with E-state index in [4.69, 9.17) is 4.74 Å². The summed E-state index contributed by atoms with van der Waals surface area (Å²) in [6, 6.07) is 10.1. The van der Waals surface area contributed by atoms with Crippen LogP contribution in [0.5, 0.6) is 0 Å². The highest BCUT2D eigenvalue weighted by Gasteiger charge is 2.20. The van der Waals surface area contributed by atoms with Crippen molar-refractivity contribution in [3.63, 3.8) is 0 Å². The molecule has 0 atom stereocenters. The van der Waals surface area contributed by atoms with Gasteiger partial charge in [-0.05, 0) is 23.5 Å². The van der Waals surface area contributed by atoms with E-state index in [9.17, 15) is 9.59 Å². The summed E-state index contributed by atoms with van der Waals surface area (Å²) in [7, 11) is 1.33. The molecule has 0 aliphatic rings. The van der Waals surface area contributed by atoms with E-state index >= 15 is 0 Å². The first-order valence-electron chi connectivity index (χ1n) is 11.0. The normalized spacial score (nSPS) is 11.3. The Morgan fingerprint density at radius 2 is 1.94 bits per heavy atom. The molecular formula is C25H30N4O3S2. The monoisotopic (exact) mass is 498 g/mol. The van der Waals surface area contributed by atoms with Gasteiger partial charge in [-0.15, -0.1) is 28.1 Å². The summed E-state index contributed by atoms with van der Waals surface area (Å²) in [6.45, 7) is 12.9. The molecule has 0 radical (unpaired) electrons. The number of hydrogen-bond acceptors (Lipinski definition) is 7. The molecule has 2 aromatic heterocycles. The molecule has 7 nitrogen and oxygen atoms in total. The molecule has 1 N–H and O–H groups in total. The van der Waals surface area contributed by atoms with E-state index in [2.05, 4.69) is 55.0 Å². The molecule has 3 aromatic rings. The zero-order chi connectivity index (χ0) is 24.9. The lowest BCUT2D eigenvalue weighted by atomic mass is 9.87. The molecule has 1 aromatic carbocycles. The molecule has 1 amide bonds. The van der Waals surface area contributed by atoms with E-state index in [0.717, 1.165) is 22.7 Å². The lowest BCUT2D eigenvalue weighted by Crippen LogP contribution is -2.16. The van der Waals surface area contributed by atoms with Crippen LogP contribution in [0.25, 0.3) is 11.4 Å². The Hall–Kier alpha value is -2.91. The van der Waals surface area contributed by atoms with Gasteiger partial charge in [-0.3, -0.25) is 9.36 Å². The summed E-state index contributed by atoms with van der Waals surface area (Å²) in [5.41, 5.74) is 2.63. The number of ether oxygens (including phenoxy) is 1. The number of carbonyl (C=O) groups excluding carboxylic acids is 2. The van der Waals surface area contributed by atoms with Crippen LogP contribution in [0.15, 0.2) is 48.1 Å². The van der Waals surface area contributed by atoms with Crippen molar-refractivity contribution < 1.29 is 14.3 Å². The Morgan fingerprint density at radius 1 is 1.24 bits per heavy atom. The van der Waals surface area contributed by atoms with E-state index in [1.54, 1.807) is 12.1 Å². The number of allylic oxidation sites excluding steroid dienone is 1. The Balaban J connectivity index is 1.75. The minimum atomic E-state index is -0.466. The van der Waals surface area contributed by atoms with Gasteiger partial charge in [0.25, 0.3) is 0 Å². The number of carbonyl (C=O) groups is 2. The standard InChI is InChI=1S/C25H30N4O3S2/c1-7-13-29-21(16-9-11-17(12-10-16)25(3,4)5)27-28-24(29)33-15-20(30)26-22-19(23(31)32-6)14-18(8-2)34-22/h7,9-12,14H,1,8,13,15H2,2-6H3,(H,26,30). The second-order valence-corrected chi connectivity index (χ2v) is 10.7. The number of aromatic nitrogens is 3. The van der Waals surface area contributed by atoms with Crippen LogP contribution in [0, 0.1) is 0 Å². The summed E-state index contributed by atoms with van der Waals surface area (Å²) < 4.78 is 6.78. The summed E-state index contributed by atoms with van der Waals surface area (Å²) in [4.78, 5) is 25.7. The Kier molecular flexibility index (Phi) is 8.33. The summed E-state index contributed by atoms with van der Waals surface area (Å²) >= 11 is 2.67. The highest BCUT2D eigenvalue weighted by atomic mass is 32.2. The van der Waals surface area contributed by atoms with Gasteiger partial charge in [-0.1, -0.05) is 69.8 Å². The predicted molar refractivity (Wildman–Crippen MR) is 139 cm³/mol. The molecular weight excluding hydrogens is 468 g/mol. The Labute approximate surface area is 208 Å². The zero-order valence-electron chi connectivity index (χ0n) is 20.2. The molecule has 9 heteroatoms. The SMILES string of the molecule is C=CCn1c(SCC(=O)Nc2sc(CC)cc2C(=O)OC)nnc1-c1ccc(C(C)(C)C)cc1. The molecule has 0 saturated carbocycles. The molecule has 0 unspecified atom stereocenters. The number of benzene rings is 1. The van der Waals surface area contributed by atoms with Crippen molar-refractivity contribution >= 4 is 40.0 Å². The highest BCUT2D eigenvalue weighted by molar-refractivity contribution is 7.99. The van der Waals surface area contributed by atoms with Gasteiger partial charge in [0.2, 0.25) is 5.91 Å². The van der Waals surface area contributed by atoms with Gasteiger partial charge in [0.15, 0.2) is 11.0 Å². The van der Waals surface area contributed by atoms with Crippen LogP contribution in [0.3, 0.4) is 0 Å². The minimum Gasteiger partial charge on any atom is -0.465 e. The zero-order valence-corrected chi connectivity index (χ0v) is 21.8. The number of amides is 1. The van der Waals surface area contributed by atoms with Crippen LogP contribution in [-0.4, -0.2) is 39.5 Å². The Bertz CT molecular complexity index is 1170. The van der Waals surface area contributed by atoms with Gasteiger partial charge in [-0.2, -0.15) is 0 Å². The number of anilines is 1. The summed E-state index contributed by atoms with van der Waals surface area (Å²) in [5.74, 6) is 0.149. The van der Waals surface area contributed by atoms with E-state index < -0.39 is 5.97 Å². The second-order valence-electron chi connectivity index (χ2n) is 8.67. The third-order valence-electron chi connectivity index (χ3n) is 5.16. The molecule has 180 valence electrons. The fraction of sp³-hybridized carbons (Fsp3) is 0.360. The fourth-order valence-corrected chi connectivity index (χ4v) is 5.03. The first kappa shape index (κ1) is 25.7. The van der Waals surface area contributed by atoms with Gasteiger partial charge >= 0.3 is 5.97 Å². The average Bonchev–Trinajstić information content (AvgIpc) is 3.41. The maximum atomic E-state index is 12.7. The highest BCUT2D eigenvalue weighted by Crippen LogP contribution is 2.31. The molecule has 0 spiro atoms. The van der Waals surface area contributed by atoms with Crippen molar-refractivity contribution in [3.05, 3.63) is 59.0 Å². The molecule has 34 heavy (non-hydrogen) atoms. The average molecular weight is 499 g/mol. The quantitative estimate of drug-likeness (QED) is 0.236. The van der Waals surface area contributed by atoms with Crippen molar-refractivity contribution in [1.82, 2.24) is 14.8 Å². The molecule has 0 aliphatic carbocycles. The Morgan fingerprint density at radius 3 is 2.53 bits per heavy atom. The number of thioether (sulfide) groups is 1.